The van der Waals surface area contributed by atoms with Gasteiger partial charge in [-0.15, -0.1) is 5.10 Å². The summed E-state index contributed by atoms with van der Waals surface area (Å²) in [6.45, 7) is 1.65. The summed E-state index contributed by atoms with van der Waals surface area (Å²) < 4.78 is 7.30. The molecule has 0 radical (unpaired) electrons. The van der Waals surface area contributed by atoms with E-state index in [1.165, 1.54) is 0 Å². The molecule has 4 aromatic rings. The lowest BCUT2D eigenvalue weighted by molar-refractivity contribution is 0.162. The van der Waals surface area contributed by atoms with E-state index in [9.17, 15) is 0 Å². The average molecular weight is 374 g/mol. The van der Waals surface area contributed by atoms with Gasteiger partial charge in [-0.2, -0.15) is 4.98 Å². The minimum atomic E-state index is 0.409. The maximum Gasteiger partial charge on any atom is 0.243 e. The van der Waals surface area contributed by atoms with E-state index in [1.807, 2.05) is 36.0 Å². The van der Waals surface area contributed by atoms with E-state index in [0.29, 0.717) is 29.5 Å². The summed E-state index contributed by atoms with van der Waals surface area (Å²) in [6, 6.07) is 6.28. The van der Waals surface area contributed by atoms with E-state index in [4.69, 9.17) is 9.72 Å². The van der Waals surface area contributed by atoms with Crippen molar-refractivity contribution in [1.29, 1.82) is 0 Å². The molecule has 0 spiro atoms. The van der Waals surface area contributed by atoms with Gasteiger partial charge in [0, 0.05) is 49.1 Å². The Morgan fingerprint density at radius 1 is 1.07 bits per heavy atom. The number of aromatic nitrogens is 6. The van der Waals surface area contributed by atoms with Crippen LogP contribution in [0.15, 0.2) is 36.8 Å². The number of nitrogens with one attached hydrogen (secondary N) is 2. The molecule has 0 bridgehead atoms. The zero-order chi connectivity index (χ0) is 18.7. The molecule has 28 heavy (non-hydrogen) atoms. The third-order valence-corrected chi connectivity index (χ3v) is 5.60. The molecule has 2 aliphatic rings. The maximum absolute atomic E-state index is 5.46. The van der Waals surface area contributed by atoms with Crippen molar-refractivity contribution >= 4 is 28.4 Å². The summed E-state index contributed by atoms with van der Waals surface area (Å²) in [5.41, 5.74) is 4.02. The van der Waals surface area contributed by atoms with Crippen LogP contribution in [0.3, 0.4) is 0 Å². The Bertz CT molecular complexity index is 1200. The van der Waals surface area contributed by atoms with E-state index in [1.54, 1.807) is 12.4 Å². The molecular weight excluding hydrogens is 356 g/mol. The molecule has 5 heterocycles. The number of rotatable bonds is 4. The van der Waals surface area contributed by atoms with Crippen LogP contribution >= 0.6 is 0 Å². The van der Waals surface area contributed by atoms with Crippen LogP contribution in [0.5, 0.6) is 0 Å². The SMILES string of the molecule is CNc1nc(NC2[C@H]3COC[C@@H]23)nn2ccc(-c3ccc4nccnc4n3)c12. The van der Waals surface area contributed by atoms with Crippen LogP contribution in [0.1, 0.15) is 0 Å². The van der Waals surface area contributed by atoms with Crippen molar-refractivity contribution in [3.05, 3.63) is 36.8 Å². The van der Waals surface area contributed by atoms with E-state index >= 15 is 0 Å². The molecule has 1 saturated carbocycles. The predicted octanol–water partition coefficient (Wildman–Crippen LogP) is 1.83. The van der Waals surface area contributed by atoms with E-state index in [0.717, 1.165) is 41.3 Å². The Morgan fingerprint density at radius 3 is 2.79 bits per heavy atom. The molecule has 0 amide bonds. The first-order valence-corrected chi connectivity index (χ1v) is 9.31. The average Bonchev–Trinajstić information content (AvgIpc) is 3.09. The molecule has 2 N–H and O–H groups in total. The minimum Gasteiger partial charge on any atom is -0.381 e. The van der Waals surface area contributed by atoms with Crippen molar-refractivity contribution in [2.75, 3.05) is 30.9 Å². The molecule has 1 unspecified atom stereocenters. The summed E-state index contributed by atoms with van der Waals surface area (Å²) in [4.78, 5) is 18.0. The molecule has 9 nitrogen and oxygen atoms in total. The zero-order valence-electron chi connectivity index (χ0n) is 15.2. The standard InChI is InChI=1S/C19H18N8O/c1-20-18-16-10(13-2-3-14-17(23-13)22-6-5-21-14)4-7-27(16)26-19(25-18)24-15-11-8-28-9-12(11)15/h2-7,11-12,15H,8-9H2,1H3,(H2,20,24,25,26)/t11-,12+,15?. The molecule has 6 rings (SSSR count). The fraction of sp³-hybridized carbons (Fsp3) is 0.316. The fourth-order valence-corrected chi connectivity index (χ4v) is 4.07. The van der Waals surface area contributed by atoms with Crippen LogP contribution in [0, 0.1) is 11.8 Å². The smallest absolute Gasteiger partial charge is 0.243 e. The molecular formula is C19H18N8O. The lowest BCUT2D eigenvalue weighted by Gasteiger charge is -2.11. The van der Waals surface area contributed by atoms with Crippen LogP contribution in [0.2, 0.25) is 0 Å². The van der Waals surface area contributed by atoms with Gasteiger partial charge < -0.3 is 15.4 Å². The van der Waals surface area contributed by atoms with Crippen molar-refractivity contribution in [1.82, 2.24) is 29.5 Å². The third kappa shape index (κ3) is 2.32. The summed E-state index contributed by atoms with van der Waals surface area (Å²) in [6.07, 6.45) is 5.24. The Morgan fingerprint density at radius 2 is 1.93 bits per heavy atom. The molecule has 3 atom stereocenters. The Hall–Kier alpha value is -3.33. The predicted molar refractivity (Wildman–Crippen MR) is 104 cm³/mol. The summed E-state index contributed by atoms with van der Waals surface area (Å²) in [7, 11) is 1.86. The normalized spacial score (nSPS) is 23.1. The zero-order valence-corrected chi connectivity index (χ0v) is 15.2. The van der Waals surface area contributed by atoms with Crippen LogP contribution in [-0.4, -0.2) is 55.9 Å². The van der Waals surface area contributed by atoms with Gasteiger partial charge in [0.1, 0.15) is 11.0 Å². The quantitative estimate of drug-likeness (QED) is 0.558. The van der Waals surface area contributed by atoms with Crippen LogP contribution in [-0.2, 0) is 4.74 Å². The first kappa shape index (κ1) is 15.7. The van der Waals surface area contributed by atoms with Crippen molar-refractivity contribution < 1.29 is 4.74 Å². The molecule has 0 aromatic carbocycles. The van der Waals surface area contributed by atoms with Gasteiger partial charge >= 0.3 is 0 Å². The minimum absolute atomic E-state index is 0.409. The summed E-state index contributed by atoms with van der Waals surface area (Å²) in [5, 5.41) is 11.3. The maximum atomic E-state index is 5.46. The van der Waals surface area contributed by atoms with Gasteiger partial charge in [0.2, 0.25) is 5.95 Å². The molecule has 1 aliphatic carbocycles. The largest absolute Gasteiger partial charge is 0.381 e. The van der Waals surface area contributed by atoms with Gasteiger partial charge in [-0.05, 0) is 18.2 Å². The highest BCUT2D eigenvalue weighted by molar-refractivity contribution is 5.89. The number of nitrogens with zero attached hydrogens (tertiary/aromatic N) is 6. The molecule has 1 aliphatic heterocycles. The van der Waals surface area contributed by atoms with Gasteiger partial charge in [-0.25, -0.2) is 14.5 Å². The molecule has 1 saturated heterocycles. The number of hydrogen-bond donors (Lipinski definition) is 2. The van der Waals surface area contributed by atoms with Crippen LogP contribution in [0.4, 0.5) is 11.8 Å². The lowest BCUT2D eigenvalue weighted by atomic mass is 10.2. The molecule has 9 heteroatoms. The second kappa shape index (κ2) is 5.83. The first-order chi connectivity index (χ1) is 13.8. The summed E-state index contributed by atoms with van der Waals surface area (Å²) >= 11 is 0. The highest BCUT2D eigenvalue weighted by Crippen LogP contribution is 2.45. The van der Waals surface area contributed by atoms with Crippen molar-refractivity contribution in [3.63, 3.8) is 0 Å². The van der Waals surface area contributed by atoms with Crippen LogP contribution < -0.4 is 10.6 Å². The monoisotopic (exact) mass is 374 g/mol. The van der Waals surface area contributed by atoms with E-state index in [-0.39, 0.29) is 0 Å². The Labute approximate surface area is 160 Å². The highest BCUT2D eigenvalue weighted by atomic mass is 16.5. The van der Waals surface area contributed by atoms with Gasteiger partial charge in [0.25, 0.3) is 0 Å². The van der Waals surface area contributed by atoms with Gasteiger partial charge in [0.05, 0.1) is 18.9 Å². The van der Waals surface area contributed by atoms with E-state index < -0.39 is 0 Å². The Kier molecular flexibility index (Phi) is 3.27. The highest BCUT2D eigenvalue weighted by Gasteiger charge is 2.54. The number of ether oxygens (including phenoxy) is 1. The second-order valence-electron chi connectivity index (χ2n) is 7.19. The molecule has 4 aromatic heterocycles. The Balaban J connectivity index is 1.41. The number of hydrogen-bond acceptors (Lipinski definition) is 8. The van der Waals surface area contributed by atoms with Gasteiger partial charge in [-0.3, -0.25) is 4.98 Å². The van der Waals surface area contributed by atoms with E-state index in [2.05, 4.69) is 30.7 Å². The van der Waals surface area contributed by atoms with Crippen molar-refractivity contribution in [2.24, 2.45) is 11.8 Å². The summed E-state index contributed by atoms with van der Waals surface area (Å²) in [5.74, 6) is 2.54. The molecule has 140 valence electrons. The van der Waals surface area contributed by atoms with Crippen LogP contribution in [0.25, 0.3) is 27.9 Å². The molecule has 2 fully saturated rings. The number of anilines is 2. The first-order valence-electron chi connectivity index (χ1n) is 9.31. The van der Waals surface area contributed by atoms with Crippen molar-refractivity contribution in [3.8, 4) is 11.3 Å². The van der Waals surface area contributed by atoms with Gasteiger partial charge in [0.15, 0.2) is 11.5 Å². The fourth-order valence-electron chi connectivity index (χ4n) is 4.07. The second-order valence-corrected chi connectivity index (χ2v) is 7.19. The van der Waals surface area contributed by atoms with Crippen molar-refractivity contribution in [2.45, 2.75) is 6.04 Å². The third-order valence-electron chi connectivity index (χ3n) is 5.60. The number of pyridine rings is 1. The lowest BCUT2D eigenvalue weighted by Crippen LogP contribution is -2.16. The van der Waals surface area contributed by atoms with Gasteiger partial charge in [-0.1, -0.05) is 0 Å². The topological polar surface area (TPSA) is 102 Å². The number of fused-ring (bicyclic) bond motifs is 3.